The molecule has 0 spiro atoms. The molecule has 1 aliphatic rings. The summed E-state index contributed by atoms with van der Waals surface area (Å²) in [7, 11) is 1.75. The fourth-order valence-electron chi connectivity index (χ4n) is 2.48. The molecule has 0 aliphatic carbocycles. The van der Waals surface area contributed by atoms with Crippen LogP contribution in [-0.4, -0.2) is 17.2 Å². The number of rotatable bonds is 0. The van der Waals surface area contributed by atoms with Gasteiger partial charge in [-0.2, -0.15) is 0 Å². The molecule has 3 N–H and O–H groups in total. The van der Waals surface area contributed by atoms with E-state index in [2.05, 4.69) is 5.32 Å². The molecule has 0 fully saturated rings. The van der Waals surface area contributed by atoms with Crippen molar-refractivity contribution in [3.05, 3.63) is 28.6 Å². The van der Waals surface area contributed by atoms with Crippen molar-refractivity contribution < 1.29 is 4.74 Å². The standard InChI is InChI=1S/C14H17N3O2/c1-8-5-6-16-12-10-7-9(15)3-4-11(10)17(2)14(18)13(12)19-8/h3-4,7-8,16H,5-6,15H2,1-2H3. The Bertz CT molecular complexity index is 706. The molecule has 2 aromatic rings. The summed E-state index contributed by atoms with van der Waals surface area (Å²) < 4.78 is 7.38. The van der Waals surface area contributed by atoms with Crippen LogP contribution in [0.25, 0.3) is 10.9 Å². The van der Waals surface area contributed by atoms with Gasteiger partial charge < -0.3 is 20.4 Å². The van der Waals surface area contributed by atoms with Gasteiger partial charge in [-0.3, -0.25) is 4.79 Å². The highest BCUT2D eigenvalue weighted by molar-refractivity contribution is 5.96. The van der Waals surface area contributed by atoms with Gasteiger partial charge in [0.05, 0.1) is 17.3 Å². The number of hydrogen-bond donors (Lipinski definition) is 2. The number of aromatic nitrogens is 1. The molecule has 0 saturated carbocycles. The summed E-state index contributed by atoms with van der Waals surface area (Å²) in [6, 6.07) is 5.54. The zero-order valence-electron chi connectivity index (χ0n) is 11.1. The van der Waals surface area contributed by atoms with E-state index in [4.69, 9.17) is 10.5 Å². The van der Waals surface area contributed by atoms with E-state index in [-0.39, 0.29) is 11.7 Å². The molecule has 2 heterocycles. The molecule has 0 saturated heterocycles. The second-order valence-electron chi connectivity index (χ2n) is 4.99. The van der Waals surface area contributed by atoms with Crippen LogP contribution in [0.2, 0.25) is 0 Å². The zero-order valence-corrected chi connectivity index (χ0v) is 11.1. The second-order valence-corrected chi connectivity index (χ2v) is 4.99. The molecule has 19 heavy (non-hydrogen) atoms. The lowest BCUT2D eigenvalue weighted by molar-refractivity contribution is 0.218. The quantitative estimate of drug-likeness (QED) is 0.707. The van der Waals surface area contributed by atoms with E-state index in [0.717, 1.165) is 29.6 Å². The van der Waals surface area contributed by atoms with Crippen LogP contribution in [0, 0.1) is 0 Å². The average Bonchev–Trinajstić information content (AvgIpc) is 2.58. The van der Waals surface area contributed by atoms with E-state index >= 15 is 0 Å². The van der Waals surface area contributed by atoms with Crippen molar-refractivity contribution in [2.45, 2.75) is 19.4 Å². The Labute approximate surface area is 111 Å². The fourth-order valence-corrected chi connectivity index (χ4v) is 2.48. The average molecular weight is 259 g/mol. The highest BCUT2D eigenvalue weighted by atomic mass is 16.5. The Hall–Kier alpha value is -2.17. The summed E-state index contributed by atoms with van der Waals surface area (Å²) in [5, 5.41) is 4.22. The van der Waals surface area contributed by atoms with Crippen molar-refractivity contribution in [3.8, 4) is 5.75 Å². The molecule has 0 radical (unpaired) electrons. The van der Waals surface area contributed by atoms with Gasteiger partial charge in [0.2, 0.25) is 5.75 Å². The highest BCUT2D eigenvalue weighted by Gasteiger charge is 2.21. The number of ether oxygens (including phenoxy) is 1. The van der Waals surface area contributed by atoms with Crippen LogP contribution >= 0.6 is 0 Å². The van der Waals surface area contributed by atoms with Crippen LogP contribution in [0.5, 0.6) is 5.75 Å². The van der Waals surface area contributed by atoms with Gasteiger partial charge in [0, 0.05) is 31.1 Å². The number of nitrogen functional groups attached to an aromatic ring is 1. The van der Waals surface area contributed by atoms with Crippen molar-refractivity contribution in [2.75, 3.05) is 17.6 Å². The van der Waals surface area contributed by atoms with Crippen molar-refractivity contribution in [1.82, 2.24) is 4.57 Å². The summed E-state index contributed by atoms with van der Waals surface area (Å²) in [6.45, 7) is 2.75. The lowest BCUT2D eigenvalue weighted by Gasteiger charge is -2.15. The Morgan fingerprint density at radius 2 is 2.26 bits per heavy atom. The van der Waals surface area contributed by atoms with Crippen LogP contribution in [0.15, 0.2) is 23.0 Å². The van der Waals surface area contributed by atoms with Crippen molar-refractivity contribution >= 4 is 22.3 Å². The smallest absolute Gasteiger partial charge is 0.295 e. The lowest BCUT2D eigenvalue weighted by atomic mass is 10.1. The monoisotopic (exact) mass is 259 g/mol. The number of nitrogens with zero attached hydrogens (tertiary/aromatic N) is 1. The molecular formula is C14H17N3O2. The molecular weight excluding hydrogens is 242 g/mol. The first-order chi connectivity index (χ1) is 9.08. The Morgan fingerprint density at radius 3 is 3.05 bits per heavy atom. The van der Waals surface area contributed by atoms with E-state index in [9.17, 15) is 4.79 Å². The van der Waals surface area contributed by atoms with Crippen LogP contribution in [0.4, 0.5) is 11.4 Å². The van der Waals surface area contributed by atoms with Crippen molar-refractivity contribution in [3.63, 3.8) is 0 Å². The van der Waals surface area contributed by atoms with Crippen molar-refractivity contribution in [2.24, 2.45) is 7.05 Å². The largest absolute Gasteiger partial charge is 0.483 e. The van der Waals surface area contributed by atoms with Crippen LogP contribution < -0.4 is 21.3 Å². The molecule has 1 aromatic heterocycles. The molecule has 100 valence electrons. The molecule has 1 unspecified atom stereocenters. The third-order valence-electron chi connectivity index (χ3n) is 3.55. The maximum atomic E-state index is 12.4. The van der Waals surface area contributed by atoms with Gasteiger partial charge in [-0.05, 0) is 25.1 Å². The second kappa shape index (κ2) is 4.19. The molecule has 1 atom stereocenters. The van der Waals surface area contributed by atoms with Gasteiger partial charge in [0.25, 0.3) is 5.56 Å². The number of nitrogens with two attached hydrogens (primary N) is 1. The van der Waals surface area contributed by atoms with E-state index in [1.807, 2.05) is 19.1 Å². The minimum Gasteiger partial charge on any atom is -0.483 e. The lowest BCUT2D eigenvalue weighted by Crippen LogP contribution is -2.22. The van der Waals surface area contributed by atoms with Crippen LogP contribution in [0.3, 0.4) is 0 Å². The van der Waals surface area contributed by atoms with Gasteiger partial charge in [-0.1, -0.05) is 0 Å². The number of hydrogen-bond acceptors (Lipinski definition) is 4. The summed E-state index contributed by atoms with van der Waals surface area (Å²) in [6.07, 6.45) is 0.890. The van der Waals surface area contributed by atoms with Gasteiger partial charge in [-0.25, -0.2) is 0 Å². The van der Waals surface area contributed by atoms with E-state index in [1.165, 1.54) is 0 Å². The third kappa shape index (κ3) is 1.82. The normalized spacial score (nSPS) is 18.3. The van der Waals surface area contributed by atoms with Gasteiger partial charge in [0.1, 0.15) is 0 Å². The first-order valence-electron chi connectivity index (χ1n) is 6.40. The maximum Gasteiger partial charge on any atom is 0.295 e. The maximum absolute atomic E-state index is 12.4. The first kappa shape index (κ1) is 11.9. The van der Waals surface area contributed by atoms with Crippen LogP contribution in [0.1, 0.15) is 13.3 Å². The minimum atomic E-state index is -0.117. The van der Waals surface area contributed by atoms with Gasteiger partial charge in [-0.15, -0.1) is 0 Å². The molecule has 3 rings (SSSR count). The van der Waals surface area contributed by atoms with Gasteiger partial charge >= 0.3 is 0 Å². The summed E-state index contributed by atoms with van der Waals surface area (Å²) >= 11 is 0. The third-order valence-corrected chi connectivity index (χ3v) is 3.55. The van der Waals surface area contributed by atoms with E-state index in [0.29, 0.717) is 11.4 Å². The summed E-state index contributed by atoms with van der Waals surface area (Å²) in [5.41, 5.74) is 8.02. The van der Waals surface area contributed by atoms with E-state index < -0.39 is 0 Å². The highest BCUT2D eigenvalue weighted by Crippen LogP contribution is 2.33. The number of benzene rings is 1. The number of aryl methyl sites for hydroxylation is 1. The van der Waals surface area contributed by atoms with Gasteiger partial charge in [0.15, 0.2) is 0 Å². The SMILES string of the molecule is CC1CCNc2c(c(=O)n(C)c3ccc(N)cc23)O1. The molecule has 0 bridgehead atoms. The molecule has 5 nitrogen and oxygen atoms in total. The number of fused-ring (bicyclic) bond motifs is 3. The number of anilines is 2. The molecule has 0 amide bonds. The Kier molecular flexibility index (Phi) is 2.62. The van der Waals surface area contributed by atoms with Crippen molar-refractivity contribution in [1.29, 1.82) is 0 Å². The molecule has 1 aliphatic heterocycles. The molecule has 5 heteroatoms. The number of nitrogens with one attached hydrogen (secondary N) is 1. The van der Waals surface area contributed by atoms with Crippen LogP contribution in [-0.2, 0) is 7.05 Å². The Balaban J connectivity index is 2.40. The van der Waals surface area contributed by atoms with E-state index in [1.54, 1.807) is 17.7 Å². The first-order valence-corrected chi connectivity index (χ1v) is 6.40. The zero-order chi connectivity index (χ0) is 13.6. The predicted octanol–water partition coefficient (Wildman–Crippen LogP) is 1.70. The molecule has 1 aromatic carbocycles. The minimum absolute atomic E-state index is 0.0277. The summed E-state index contributed by atoms with van der Waals surface area (Å²) in [5.74, 6) is 0.394. The topological polar surface area (TPSA) is 69.3 Å². The predicted molar refractivity (Wildman–Crippen MR) is 76.8 cm³/mol. The summed E-state index contributed by atoms with van der Waals surface area (Å²) in [4.78, 5) is 12.4. The Morgan fingerprint density at radius 1 is 1.47 bits per heavy atom. The fraction of sp³-hybridized carbons (Fsp3) is 0.357. The number of pyridine rings is 1.